The van der Waals surface area contributed by atoms with E-state index in [2.05, 4.69) is 5.32 Å². The van der Waals surface area contributed by atoms with Crippen LogP contribution in [0, 0.1) is 0 Å². The van der Waals surface area contributed by atoms with Gasteiger partial charge < -0.3 is 5.32 Å². The van der Waals surface area contributed by atoms with E-state index in [0.717, 1.165) is 44.2 Å². The predicted molar refractivity (Wildman–Crippen MR) is 102 cm³/mol. The van der Waals surface area contributed by atoms with E-state index in [9.17, 15) is 22.8 Å². The second-order valence-electron chi connectivity index (χ2n) is 6.70. The zero-order valence-corrected chi connectivity index (χ0v) is 16.1. The average Bonchev–Trinajstić information content (AvgIpc) is 2.88. The number of rotatable bonds is 4. The molecule has 2 aliphatic rings. The lowest BCUT2D eigenvalue weighted by Crippen LogP contribution is -2.42. The summed E-state index contributed by atoms with van der Waals surface area (Å²) in [5.41, 5.74) is -0.784. The Balaban J connectivity index is 1.61. The number of alkyl halides is 3. The maximum atomic E-state index is 12.8. The number of hydrogen-bond donors (Lipinski definition) is 1. The van der Waals surface area contributed by atoms with Crippen LogP contribution in [0.3, 0.4) is 0 Å². The van der Waals surface area contributed by atoms with Crippen LogP contribution >= 0.6 is 24.0 Å². The highest BCUT2D eigenvalue weighted by atomic mass is 32.2. The molecule has 1 N–H and O–H groups in total. The van der Waals surface area contributed by atoms with Gasteiger partial charge >= 0.3 is 6.18 Å². The molecule has 1 heterocycles. The molecule has 2 amide bonds. The summed E-state index contributed by atoms with van der Waals surface area (Å²) in [4.78, 5) is 26.6. The van der Waals surface area contributed by atoms with Gasteiger partial charge in [0.05, 0.1) is 10.8 Å². The van der Waals surface area contributed by atoms with Crippen molar-refractivity contribution in [3.05, 3.63) is 29.8 Å². The molecule has 146 valence electrons. The molecule has 1 aliphatic carbocycles. The van der Waals surface area contributed by atoms with Crippen molar-refractivity contribution in [3.63, 3.8) is 0 Å². The van der Waals surface area contributed by atoms with Gasteiger partial charge in [-0.3, -0.25) is 14.5 Å². The predicted octanol–water partition coefficient (Wildman–Crippen LogP) is 4.60. The molecule has 0 aromatic heterocycles. The largest absolute Gasteiger partial charge is 0.416 e. The minimum absolute atomic E-state index is 0.0528. The Labute approximate surface area is 164 Å². The summed E-state index contributed by atoms with van der Waals surface area (Å²) >= 11 is 6.52. The van der Waals surface area contributed by atoms with Crippen LogP contribution in [-0.4, -0.2) is 32.3 Å². The summed E-state index contributed by atoms with van der Waals surface area (Å²) in [6, 6.07) is 4.53. The van der Waals surface area contributed by atoms with E-state index in [1.165, 1.54) is 23.9 Å². The first-order valence-corrected chi connectivity index (χ1v) is 10.1. The summed E-state index contributed by atoms with van der Waals surface area (Å²) in [5.74, 6) is -0.676. The quantitative estimate of drug-likeness (QED) is 0.729. The van der Waals surface area contributed by atoms with Gasteiger partial charge in [0.25, 0.3) is 0 Å². The normalized spacial score (nSPS) is 21.6. The van der Waals surface area contributed by atoms with E-state index >= 15 is 0 Å². The molecule has 1 aliphatic heterocycles. The minimum atomic E-state index is -4.48. The van der Waals surface area contributed by atoms with Crippen LogP contribution in [0.2, 0.25) is 0 Å². The molecule has 4 nitrogen and oxygen atoms in total. The highest BCUT2D eigenvalue weighted by Crippen LogP contribution is 2.35. The van der Waals surface area contributed by atoms with E-state index in [1.807, 2.05) is 0 Å². The first-order valence-electron chi connectivity index (χ1n) is 8.76. The van der Waals surface area contributed by atoms with Gasteiger partial charge in [0.15, 0.2) is 0 Å². The smallest absolute Gasteiger partial charge is 0.326 e. The van der Waals surface area contributed by atoms with E-state index in [1.54, 1.807) is 4.90 Å². The third-order valence-corrected chi connectivity index (χ3v) is 6.27. The topological polar surface area (TPSA) is 49.4 Å². The van der Waals surface area contributed by atoms with Crippen molar-refractivity contribution in [3.8, 4) is 0 Å². The summed E-state index contributed by atoms with van der Waals surface area (Å²) in [5, 5.41) is 1.82. The van der Waals surface area contributed by atoms with Crippen LogP contribution in [0.1, 0.15) is 44.1 Å². The summed E-state index contributed by atoms with van der Waals surface area (Å²) in [6.07, 6.45) is 0.491. The monoisotopic (exact) mass is 416 g/mol. The molecular formula is C18H19F3N2O2S2. The van der Waals surface area contributed by atoms with Crippen molar-refractivity contribution in [2.75, 3.05) is 5.32 Å². The molecule has 27 heavy (non-hydrogen) atoms. The average molecular weight is 416 g/mol. The molecule has 0 radical (unpaired) electrons. The number of halogens is 3. The summed E-state index contributed by atoms with van der Waals surface area (Å²) in [7, 11) is 0. The number of nitrogens with one attached hydrogen (secondary N) is 1. The van der Waals surface area contributed by atoms with Crippen LogP contribution < -0.4 is 5.32 Å². The van der Waals surface area contributed by atoms with Gasteiger partial charge in [0.1, 0.15) is 4.32 Å². The molecule has 3 rings (SSSR count). The van der Waals surface area contributed by atoms with Crippen molar-refractivity contribution < 1.29 is 22.8 Å². The van der Waals surface area contributed by atoms with E-state index in [-0.39, 0.29) is 24.1 Å². The van der Waals surface area contributed by atoms with Crippen molar-refractivity contribution in [1.82, 2.24) is 4.90 Å². The van der Waals surface area contributed by atoms with Crippen LogP contribution in [0.15, 0.2) is 24.3 Å². The lowest BCUT2D eigenvalue weighted by atomic mass is 9.94. The Morgan fingerprint density at radius 1 is 1.26 bits per heavy atom. The Morgan fingerprint density at radius 3 is 2.63 bits per heavy atom. The molecule has 1 unspecified atom stereocenters. The Hall–Kier alpha value is -1.61. The van der Waals surface area contributed by atoms with E-state index in [4.69, 9.17) is 12.2 Å². The number of anilines is 1. The number of thioether (sulfide) groups is 1. The zero-order chi connectivity index (χ0) is 19.6. The fourth-order valence-corrected chi connectivity index (χ4v) is 5.06. The highest BCUT2D eigenvalue weighted by Gasteiger charge is 2.41. The second kappa shape index (κ2) is 8.18. The number of hydrogen-bond acceptors (Lipinski definition) is 4. The van der Waals surface area contributed by atoms with Crippen molar-refractivity contribution in [1.29, 1.82) is 0 Å². The number of carbonyl (C=O) groups excluding carboxylic acids is 2. The van der Waals surface area contributed by atoms with Crippen LogP contribution in [-0.2, 0) is 15.8 Å². The molecule has 1 atom stereocenters. The van der Waals surface area contributed by atoms with Crippen molar-refractivity contribution in [2.24, 2.45) is 0 Å². The van der Waals surface area contributed by atoms with Crippen LogP contribution in [0.5, 0.6) is 0 Å². The van der Waals surface area contributed by atoms with Gasteiger partial charge in [-0.25, -0.2) is 0 Å². The third kappa shape index (κ3) is 4.82. The number of amides is 2. The molecule has 0 spiro atoms. The van der Waals surface area contributed by atoms with Crippen molar-refractivity contribution >= 4 is 45.8 Å². The van der Waals surface area contributed by atoms with E-state index in [0.29, 0.717) is 4.32 Å². The molecule has 1 aromatic rings. The zero-order valence-electron chi connectivity index (χ0n) is 14.4. The lowest BCUT2D eigenvalue weighted by molar-refractivity contribution is -0.137. The fourth-order valence-electron chi connectivity index (χ4n) is 3.42. The first-order chi connectivity index (χ1) is 12.8. The molecule has 9 heteroatoms. The Morgan fingerprint density at radius 2 is 1.96 bits per heavy atom. The first kappa shape index (κ1) is 20.1. The van der Waals surface area contributed by atoms with Gasteiger partial charge in [-0.15, -0.1) is 0 Å². The molecule has 1 saturated carbocycles. The third-order valence-electron chi connectivity index (χ3n) is 4.74. The molecule has 2 fully saturated rings. The van der Waals surface area contributed by atoms with Gasteiger partial charge in [-0.1, -0.05) is 49.3 Å². The second-order valence-corrected chi connectivity index (χ2v) is 8.54. The lowest BCUT2D eigenvalue weighted by Gasteiger charge is -2.30. The molecular weight excluding hydrogens is 397 g/mol. The number of nitrogens with zero attached hydrogens (tertiary/aromatic N) is 1. The highest BCUT2D eigenvalue weighted by molar-refractivity contribution is 8.24. The summed E-state index contributed by atoms with van der Waals surface area (Å²) in [6.45, 7) is 0. The van der Waals surface area contributed by atoms with Crippen molar-refractivity contribution in [2.45, 2.75) is 56.0 Å². The van der Waals surface area contributed by atoms with E-state index < -0.39 is 22.9 Å². The van der Waals surface area contributed by atoms with Gasteiger partial charge in [-0.05, 0) is 31.0 Å². The maximum Gasteiger partial charge on any atom is 0.416 e. The molecule has 1 aromatic carbocycles. The standard InChI is InChI=1S/C18H19F3N2O2S2/c19-18(20,21)11-5-4-6-12(9-11)22-15(24)10-14-16(25)23(17(26)27-14)13-7-2-1-3-8-13/h4-6,9,13-14H,1-3,7-8,10H2,(H,22,24). The summed E-state index contributed by atoms with van der Waals surface area (Å²) < 4.78 is 38.8. The number of carbonyl (C=O) groups is 2. The molecule has 0 bridgehead atoms. The van der Waals surface area contributed by atoms with Crippen LogP contribution in [0.25, 0.3) is 0 Å². The van der Waals surface area contributed by atoms with Gasteiger partial charge in [-0.2, -0.15) is 13.2 Å². The minimum Gasteiger partial charge on any atom is -0.326 e. The fraction of sp³-hybridized carbons (Fsp3) is 0.500. The number of thiocarbonyl (C=S) groups is 1. The van der Waals surface area contributed by atoms with Crippen LogP contribution in [0.4, 0.5) is 18.9 Å². The molecule has 1 saturated heterocycles. The Bertz CT molecular complexity index is 748. The maximum absolute atomic E-state index is 12.8. The van der Waals surface area contributed by atoms with Gasteiger partial charge in [0.2, 0.25) is 11.8 Å². The Kier molecular flexibility index (Phi) is 6.10. The van der Waals surface area contributed by atoms with Gasteiger partial charge in [0, 0.05) is 18.2 Å². The number of benzene rings is 1. The SMILES string of the molecule is O=C(CC1SC(=S)N(C2CCCCC2)C1=O)Nc1cccc(C(F)(F)F)c1.